The Bertz CT molecular complexity index is 1010. The molecule has 0 atom stereocenters. The van der Waals surface area contributed by atoms with Gasteiger partial charge in [-0.05, 0) is 42.5 Å². The summed E-state index contributed by atoms with van der Waals surface area (Å²) in [4.78, 5) is 23.2. The van der Waals surface area contributed by atoms with Crippen LogP contribution in [0.15, 0.2) is 65.1 Å². The maximum absolute atomic E-state index is 12.8. The lowest BCUT2D eigenvalue weighted by atomic mass is 10.1. The maximum Gasteiger partial charge on any atom is 0.416 e. The van der Waals surface area contributed by atoms with Gasteiger partial charge in [-0.25, -0.2) is 4.79 Å². The Labute approximate surface area is 151 Å². The highest BCUT2D eigenvalue weighted by Gasteiger charge is 2.30. The Balaban J connectivity index is 1.81. The molecule has 0 unspecified atom stereocenters. The summed E-state index contributed by atoms with van der Waals surface area (Å²) in [6.07, 6.45) is -4.49. The summed E-state index contributed by atoms with van der Waals surface area (Å²) < 4.78 is 43.8. The van der Waals surface area contributed by atoms with Crippen molar-refractivity contribution in [2.45, 2.75) is 6.18 Å². The van der Waals surface area contributed by atoms with Crippen molar-refractivity contribution in [2.24, 2.45) is 0 Å². The van der Waals surface area contributed by atoms with Crippen molar-refractivity contribution in [1.82, 2.24) is 0 Å². The van der Waals surface area contributed by atoms with Crippen LogP contribution in [0.3, 0.4) is 0 Å². The third-order valence-electron chi connectivity index (χ3n) is 3.67. The minimum Gasteiger partial charge on any atom is -0.478 e. The summed E-state index contributed by atoms with van der Waals surface area (Å²) in [5, 5.41) is 11.4. The maximum atomic E-state index is 12.8. The number of nitrogens with one attached hydrogen (secondary N) is 1. The predicted molar refractivity (Wildman–Crippen MR) is 90.5 cm³/mol. The molecule has 0 aliphatic carbocycles. The zero-order valence-corrected chi connectivity index (χ0v) is 13.6. The largest absolute Gasteiger partial charge is 0.478 e. The van der Waals surface area contributed by atoms with Gasteiger partial charge in [0.2, 0.25) is 0 Å². The van der Waals surface area contributed by atoms with E-state index in [1.807, 2.05) is 0 Å². The molecule has 0 aliphatic heterocycles. The zero-order chi connectivity index (χ0) is 19.6. The van der Waals surface area contributed by atoms with Gasteiger partial charge in [-0.1, -0.05) is 18.2 Å². The van der Waals surface area contributed by atoms with E-state index in [9.17, 15) is 22.8 Å². The molecular formula is C19H12F3NO4. The van der Waals surface area contributed by atoms with Gasteiger partial charge in [-0.3, -0.25) is 4.79 Å². The van der Waals surface area contributed by atoms with Crippen LogP contribution in [-0.2, 0) is 6.18 Å². The molecule has 138 valence electrons. The van der Waals surface area contributed by atoms with E-state index in [4.69, 9.17) is 9.52 Å². The molecule has 0 saturated carbocycles. The van der Waals surface area contributed by atoms with E-state index in [1.54, 1.807) is 0 Å². The number of halogens is 3. The Morgan fingerprint density at radius 2 is 1.70 bits per heavy atom. The summed E-state index contributed by atoms with van der Waals surface area (Å²) in [6.45, 7) is 0. The summed E-state index contributed by atoms with van der Waals surface area (Å²) in [5.74, 6) is -1.82. The first-order valence-corrected chi connectivity index (χ1v) is 7.66. The van der Waals surface area contributed by atoms with E-state index in [2.05, 4.69) is 5.32 Å². The molecule has 1 heterocycles. The lowest BCUT2D eigenvalue weighted by molar-refractivity contribution is -0.137. The number of carboxylic acids is 1. The van der Waals surface area contributed by atoms with Gasteiger partial charge < -0.3 is 14.8 Å². The Kier molecular flexibility index (Phi) is 4.72. The molecule has 2 N–H and O–H groups in total. The van der Waals surface area contributed by atoms with Crippen LogP contribution in [0.2, 0.25) is 0 Å². The van der Waals surface area contributed by atoms with Crippen LogP contribution in [-0.4, -0.2) is 17.0 Å². The van der Waals surface area contributed by atoms with Gasteiger partial charge in [0, 0.05) is 11.3 Å². The van der Waals surface area contributed by atoms with E-state index < -0.39 is 23.6 Å². The summed E-state index contributed by atoms with van der Waals surface area (Å²) in [7, 11) is 0. The minimum atomic E-state index is -4.49. The van der Waals surface area contributed by atoms with Crippen LogP contribution in [0.25, 0.3) is 11.3 Å². The quantitative estimate of drug-likeness (QED) is 0.679. The number of hydrogen-bond donors (Lipinski definition) is 2. The van der Waals surface area contributed by atoms with Gasteiger partial charge in [0.05, 0.1) is 11.1 Å². The van der Waals surface area contributed by atoms with Gasteiger partial charge in [-0.15, -0.1) is 0 Å². The lowest BCUT2D eigenvalue weighted by Gasteiger charge is -2.07. The lowest BCUT2D eigenvalue weighted by Crippen LogP contribution is -2.11. The normalized spacial score (nSPS) is 11.2. The Morgan fingerprint density at radius 1 is 0.963 bits per heavy atom. The Morgan fingerprint density at radius 3 is 2.41 bits per heavy atom. The number of carboxylic acid groups (broad SMARTS) is 1. The highest BCUT2D eigenvalue weighted by atomic mass is 19.4. The van der Waals surface area contributed by atoms with Crippen LogP contribution < -0.4 is 5.32 Å². The van der Waals surface area contributed by atoms with Crippen molar-refractivity contribution in [2.75, 3.05) is 5.32 Å². The van der Waals surface area contributed by atoms with E-state index in [1.165, 1.54) is 48.5 Å². The number of amides is 1. The number of carbonyl (C=O) groups is 2. The van der Waals surface area contributed by atoms with Crippen LogP contribution in [0, 0.1) is 0 Å². The van der Waals surface area contributed by atoms with Gasteiger partial charge in [0.25, 0.3) is 5.91 Å². The number of aromatic carboxylic acids is 1. The van der Waals surface area contributed by atoms with E-state index in [0.717, 1.165) is 12.1 Å². The summed E-state index contributed by atoms with van der Waals surface area (Å²) in [6, 6.07) is 12.9. The summed E-state index contributed by atoms with van der Waals surface area (Å²) in [5.41, 5.74) is -0.404. The number of alkyl halides is 3. The highest BCUT2D eigenvalue weighted by molar-refractivity contribution is 6.03. The molecule has 3 rings (SSSR count). The number of hydrogen-bond acceptors (Lipinski definition) is 3. The minimum absolute atomic E-state index is 0.00287. The third-order valence-corrected chi connectivity index (χ3v) is 3.67. The molecule has 0 spiro atoms. The van der Waals surface area contributed by atoms with Gasteiger partial charge in [0.1, 0.15) is 5.76 Å². The van der Waals surface area contributed by atoms with Gasteiger partial charge in [-0.2, -0.15) is 13.2 Å². The van der Waals surface area contributed by atoms with Crippen molar-refractivity contribution in [3.63, 3.8) is 0 Å². The fraction of sp³-hybridized carbons (Fsp3) is 0.0526. The van der Waals surface area contributed by atoms with Crippen molar-refractivity contribution in [3.8, 4) is 11.3 Å². The van der Waals surface area contributed by atoms with Crippen molar-refractivity contribution in [1.29, 1.82) is 0 Å². The second-order valence-corrected chi connectivity index (χ2v) is 5.58. The molecular weight excluding hydrogens is 363 g/mol. The molecule has 0 saturated heterocycles. The standard InChI is InChI=1S/C19H12F3NO4/c20-19(21,22)13-5-1-3-11(9-13)15-7-8-16(27-15)17(24)23-14-6-2-4-12(10-14)18(25)26/h1-10H,(H,23,24)(H,25,26). The van der Waals surface area contributed by atoms with E-state index in [0.29, 0.717) is 0 Å². The fourth-order valence-electron chi connectivity index (χ4n) is 2.39. The molecule has 0 radical (unpaired) electrons. The summed E-state index contributed by atoms with van der Waals surface area (Å²) >= 11 is 0. The topological polar surface area (TPSA) is 79.5 Å². The number of anilines is 1. The van der Waals surface area contributed by atoms with E-state index >= 15 is 0 Å². The number of benzene rings is 2. The number of carbonyl (C=O) groups excluding carboxylic acids is 1. The van der Waals surface area contributed by atoms with Crippen molar-refractivity contribution in [3.05, 3.63) is 77.6 Å². The van der Waals surface area contributed by atoms with Crippen LogP contribution in [0.1, 0.15) is 26.5 Å². The first kappa shape index (κ1) is 18.2. The molecule has 8 heteroatoms. The van der Waals surface area contributed by atoms with E-state index in [-0.39, 0.29) is 28.3 Å². The first-order chi connectivity index (χ1) is 12.7. The monoisotopic (exact) mass is 375 g/mol. The van der Waals surface area contributed by atoms with Crippen molar-refractivity contribution < 1.29 is 32.3 Å². The van der Waals surface area contributed by atoms with Crippen molar-refractivity contribution >= 4 is 17.6 Å². The Hall–Kier alpha value is -3.55. The molecule has 0 fully saturated rings. The first-order valence-electron chi connectivity index (χ1n) is 7.66. The average Bonchev–Trinajstić information content (AvgIpc) is 3.11. The van der Waals surface area contributed by atoms with Gasteiger partial charge in [0.15, 0.2) is 5.76 Å². The zero-order valence-electron chi connectivity index (χ0n) is 13.6. The fourth-order valence-corrected chi connectivity index (χ4v) is 2.39. The molecule has 1 amide bonds. The second kappa shape index (κ2) is 6.99. The molecule has 3 aromatic rings. The molecule has 27 heavy (non-hydrogen) atoms. The van der Waals surface area contributed by atoms with Crippen LogP contribution in [0.4, 0.5) is 18.9 Å². The third kappa shape index (κ3) is 4.17. The van der Waals surface area contributed by atoms with Crippen LogP contribution in [0.5, 0.6) is 0 Å². The predicted octanol–water partition coefficient (Wildman–Crippen LogP) is 4.92. The van der Waals surface area contributed by atoms with Gasteiger partial charge >= 0.3 is 12.1 Å². The highest BCUT2D eigenvalue weighted by Crippen LogP contribution is 2.32. The van der Waals surface area contributed by atoms with Crippen LogP contribution >= 0.6 is 0 Å². The molecule has 0 aliphatic rings. The number of rotatable bonds is 4. The SMILES string of the molecule is O=C(O)c1cccc(NC(=O)c2ccc(-c3cccc(C(F)(F)F)c3)o2)c1. The molecule has 0 bridgehead atoms. The number of furan rings is 1. The molecule has 1 aromatic heterocycles. The average molecular weight is 375 g/mol. The molecule has 2 aromatic carbocycles. The smallest absolute Gasteiger partial charge is 0.416 e. The molecule has 5 nitrogen and oxygen atoms in total. The second-order valence-electron chi connectivity index (χ2n) is 5.58.